The van der Waals surface area contributed by atoms with Crippen LogP contribution in [0.25, 0.3) is 0 Å². The lowest BCUT2D eigenvalue weighted by Crippen LogP contribution is -2.28. The minimum absolute atomic E-state index is 0.701. The molecule has 0 aromatic carbocycles. The molecule has 0 aliphatic carbocycles. The first kappa shape index (κ1) is 17.2. The summed E-state index contributed by atoms with van der Waals surface area (Å²) in [5, 5.41) is 3.42. The zero-order valence-electron chi connectivity index (χ0n) is 13.9. The molecule has 0 amide bonds. The van der Waals surface area contributed by atoms with Crippen molar-refractivity contribution in [3.63, 3.8) is 0 Å². The van der Waals surface area contributed by atoms with Crippen LogP contribution in [0.15, 0.2) is 36.0 Å². The molecule has 1 atom stereocenters. The first-order valence-corrected chi connectivity index (χ1v) is 8.25. The van der Waals surface area contributed by atoms with E-state index in [9.17, 15) is 0 Å². The Morgan fingerprint density at radius 3 is 2.40 bits per heavy atom. The van der Waals surface area contributed by atoms with Crippen molar-refractivity contribution in [3.8, 4) is 0 Å². The molecule has 1 aliphatic heterocycles. The zero-order valence-corrected chi connectivity index (χ0v) is 13.9. The van der Waals surface area contributed by atoms with Gasteiger partial charge in [-0.05, 0) is 69.0 Å². The quantitative estimate of drug-likeness (QED) is 0.636. The Kier molecular flexibility index (Phi) is 7.91. The molecule has 114 valence electrons. The molecular formula is C19H33N. The first-order chi connectivity index (χ1) is 9.54. The molecule has 1 nitrogen and oxygen atoms in total. The van der Waals surface area contributed by atoms with Gasteiger partial charge in [0.2, 0.25) is 0 Å². The second kappa shape index (κ2) is 9.18. The molecule has 0 saturated carbocycles. The highest BCUT2D eigenvalue weighted by molar-refractivity contribution is 5.27. The summed E-state index contributed by atoms with van der Waals surface area (Å²) in [5.74, 6) is 2.30. The number of piperidine rings is 1. The van der Waals surface area contributed by atoms with Gasteiger partial charge in [0.1, 0.15) is 0 Å². The summed E-state index contributed by atoms with van der Waals surface area (Å²) in [4.78, 5) is 0. The largest absolute Gasteiger partial charge is 0.317 e. The molecule has 0 aromatic rings. The van der Waals surface area contributed by atoms with Crippen molar-refractivity contribution in [3.05, 3.63) is 36.0 Å². The maximum atomic E-state index is 3.99. The van der Waals surface area contributed by atoms with Crippen molar-refractivity contribution in [2.24, 2.45) is 17.8 Å². The Morgan fingerprint density at radius 2 is 1.85 bits per heavy atom. The Bertz CT molecular complexity index is 343. The third-order valence-electron chi connectivity index (χ3n) is 4.74. The van der Waals surface area contributed by atoms with Crippen LogP contribution >= 0.6 is 0 Å². The van der Waals surface area contributed by atoms with Gasteiger partial charge in [-0.3, -0.25) is 0 Å². The van der Waals surface area contributed by atoms with Gasteiger partial charge >= 0.3 is 0 Å². The van der Waals surface area contributed by atoms with Crippen LogP contribution < -0.4 is 5.32 Å². The molecule has 1 fully saturated rings. The molecule has 1 saturated heterocycles. The monoisotopic (exact) mass is 275 g/mol. The molecule has 1 heterocycles. The van der Waals surface area contributed by atoms with E-state index in [1.807, 2.05) is 0 Å². The molecule has 0 bridgehead atoms. The van der Waals surface area contributed by atoms with Gasteiger partial charge in [0, 0.05) is 0 Å². The van der Waals surface area contributed by atoms with Crippen LogP contribution in [0.5, 0.6) is 0 Å². The van der Waals surface area contributed by atoms with Crippen molar-refractivity contribution in [1.29, 1.82) is 0 Å². The lowest BCUT2D eigenvalue weighted by atomic mass is 9.89. The Hall–Kier alpha value is -0.820. The van der Waals surface area contributed by atoms with Gasteiger partial charge in [-0.2, -0.15) is 0 Å². The van der Waals surface area contributed by atoms with Crippen molar-refractivity contribution in [2.75, 3.05) is 13.1 Å². The highest BCUT2D eigenvalue weighted by Gasteiger charge is 2.14. The van der Waals surface area contributed by atoms with E-state index in [1.165, 1.54) is 36.8 Å². The first-order valence-electron chi connectivity index (χ1n) is 8.25. The van der Waals surface area contributed by atoms with Crippen LogP contribution in [0.2, 0.25) is 0 Å². The average molecular weight is 275 g/mol. The van der Waals surface area contributed by atoms with E-state index >= 15 is 0 Å². The molecule has 0 radical (unpaired) electrons. The average Bonchev–Trinajstić information content (AvgIpc) is 2.46. The normalized spacial score (nSPS) is 20.2. The predicted octanol–water partition coefficient (Wildman–Crippen LogP) is 5.12. The third kappa shape index (κ3) is 6.09. The standard InChI is InChI=1S/C19H33N/c1-6-18(19-11-13-20-14-12-19)10-8-16(4)7-9-17(5)15(2)3/h6,8,10,15,17,19-20H,1,7,9,11-14H2,2-5H3/b16-8-,18-10+. The second-order valence-electron chi connectivity index (χ2n) is 6.67. The molecule has 20 heavy (non-hydrogen) atoms. The molecule has 0 spiro atoms. The number of rotatable bonds is 7. The van der Waals surface area contributed by atoms with Crippen molar-refractivity contribution >= 4 is 0 Å². The topological polar surface area (TPSA) is 12.0 Å². The van der Waals surface area contributed by atoms with Crippen LogP contribution in [0.1, 0.15) is 53.4 Å². The minimum Gasteiger partial charge on any atom is -0.317 e. The number of hydrogen-bond donors (Lipinski definition) is 1. The van der Waals surface area contributed by atoms with Gasteiger partial charge in [0.05, 0.1) is 0 Å². The van der Waals surface area contributed by atoms with Gasteiger partial charge in [-0.1, -0.05) is 51.2 Å². The van der Waals surface area contributed by atoms with E-state index in [0.29, 0.717) is 5.92 Å². The smallest absolute Gasteiger partial charge is 0.00431 e. The summed E-state index contributed by atoms with van der Waals surface area (Å²) in [6.07, 6.45) is 11.7. The maximum Gasteiger partial charge on any atom is -0.00431 e. The Labute approximate surface area is 126 Å². The van der Waals surface area contributed by atoms with Crippen molar-refractivity contribution < 1.29 is 0 Å². The summed E-state index contributed by atoms with van der Waals surface area (Å²) >= 11 is 0. The van der Waals surface area contributed by atoms with Crippen molar-refractivity contribution in [2.45, 2.75) is 53.4 Å². The van der Waals surface area contributed by atoms with E-state index in [4.69, 9.17) is 0 Å². The van der Waals surface area contributed by atoms with Gasteiger partial charge in [0.25, 0.3) is 0 Å². The SMILES string of the molecule is C=C/C(=C\C=C(\C)CCC(C)C(C)C)C1CCNCC1. The summed E-state index contributed by atoms with van der Waals surface area (Å²) in [6, 6.07) is 0. The number of hydrogen-bond acceptors (Lipinski definition) is 1. The minimum atomic E-state index is 0.701. The summed E-state index contributed by atoms with van der Waals surface area (Å²) in [7, 11) is 0. The fraction of sp³-hybridized carbons (Fsp3) is 0.684. The van der Waals surface area contributed by atoms with Gasteiger partial charge in [0.15, 0.2) is 0 Å². The van der Waals surface area contributed by atoms with Crippen molar-refractivity contribution in [1.82, 2.24) is 5.32 Å². The molecule has 1 rings (SSSR count). The fourth-order valence-corrected chi connectivity index (χ4v) is 2.64. The number of allylic oxidation sites excluding steroid dienone is 5. The predicted molar refractivity (Wildman–Crippen MR) is 90.9 cm³/mol. The highest BCUT2D eigenvalue weighted by Crippen LogP contribution is 2.23. The van der Waals surface area contributed by atoms with Gasteiger partial charge in [-0.15, -0.1) is 0 Å². The maximum absolute atomic E-state index is 3.99. The molecule has 1 heteroatoms. The summed E-state index contributed by atoms with van der Waals surface area (Å²) < 4.78 is 0. The van der Waals surface area contributed by atoms with E-state index in [1.54, 1.807) is 0 Å². The second-order valence-corrected chi connectivity index (χ2v) is 6.67. The van der Waals surface area contributed by atoms with E-state index in [-0.39, 0.29) is 0 Å². The molecule has 1 unspecified atom stereocenters. The summed E-state index contributed by atoms with van der Waals surface area (Å²) in [6.45, 7) is 15.5. The van der Waals surface area contributed by atoms with Crippen LogP contribution in [-0.4, -0.2) is 13.1 Å². The lowest BCUT2D eigenvalue weighted by molar-refractivity contribution is 0.392. The van der Waals surface area contributed by atoms with Crippen LogP contribution in [0, 0.1) is 17.8 Å². The molecule has 1 aliphatic rings. The van der Waals surface area contributed by atoms with Crippen LogP contribution in [-0.2, 0) is 0 Å². The zero-order chi connectivity index (χ0) is 15.0. The Morgan fingerprint density at radius 1 is 1.20 bits per heavy atom. The molecule has 0 aromatic heterocycles. The van der Waals surface area contributed by atoms with Crippen LogP contribution in [0.4, 0.5) is 0 Å². The summed E-state index contributed by atoms with van der Waals surface area (Å²) in [5.41, 5.74) is 2.91. The van der Waals surface area contributed by atoms with Gasteiger partial charge < -0.3 is 5.32 Å². The molecule has 1 N–H and O–H groups in total. The van der Waals surface area contributed by atoms with E-state index < -0.39 is 0 Å². The van der Waals surface area contributed by atoms with Crippen LogP contribution in [0.3, 0.4) is 0 Å². The third-order valence-corrected chi connectivity index (χ3v) is 4.74. The van der Waals surface area contributed by atoms with E-state index in [2.05, 4.69) is 57.8 Å². The van der Waals surface area contributed by atoms with E-state index in [0.717, 1.165) is 24.9 Å². The molecular weight excluding hydrogens is 242 g/mol. The lowest BCUT2D eigenvalue weighted by Gasteiger charge is -2.23. The fourth-order valence-electron chi connectivity index (χ4n) is 2.64. The highest BCUT2D eigenvalue weighted by atomic mass is 14.9. The van der Waals surface area contributed by atoms with Gasteiger partial charge in [-0.25, -0.2) is 0 Å². The number of nitrogens with one attached hydrogen (secondary N) is 1. The Balaban J connectivity index is 2.52.